The van der Waals surface area contributed by atoms with Gasteiger partial charge in [-0.15, -0.1) is 0 Å². The van der Waals surface area contributed by atoms with Crippen LogP contribution in [-0.2, 0) is 4.74 Å². The largest absolute Gasteiger partial charge is 0.488 e. The number of aryl methyl sites for hydroxylation is 1. The smallest absolute Gasteiger partial charge is 0.296 e. The van der Waals surface area contributed by atoms with Crippen LogP contribution in [0.5, 0.6) is 23.0 Å². The maximum absolute atomic E-state index is 15.1. The summed E-state index contributed by atoms with van der Waals surface area (Å²) in [6.07, 6.45) is 4.16. The Kier molecular flexibility index (Phi) is 7.34. The summed E-state index contributed by atoms with van der Waals surface area (Å²) in [6.45, 7) is 3.12. The highest BCUT2D eigenvalue weighted by atomic mass is 19.3. The number of rotatable bonds is 8. The van der Waals surface area contributed by atoms with Crippen LogP contribution in [0.15, 0.2) is 61.3 Å². The maximum Gasteiger partial charge on any atom is 0.296 e. The van der Waals surface area contributed by atoms with Crippen LogP contribution in [0.1, 0.15) is 18.4 Å². The Morgan fingerprint density at radius 3 is 2.70 bits per heavy atom. The van der Waals surface area contributed by atoms with Crippen molar-refractivity contribution < 1.29 is 27.7 Å². The van der Waals surface area contributed by atoms with Crippen molar-refractivity contribution in [2.45, 2.75) is 37.9 Å². The van der Waals surface area contributed by atoms with Gasteiger partial charge in [-0.1, -0.05) is 0 Å². The van der Waals surface area contributed by atoms with E-state index in [-0.39, 0.29) is 24.8 Å². The molecule has 1 N–H and O–H groups in total. The second-order valence-corrected chi connectivity index (χ2v) is 11.2. The molecule has 2 aromatic carbocycles. The van der Waals surface area contributed by atoms with Gasteiger partial charge in [0.05, 0.1) is 30.7 Å². The lowest BCUT2D eigenvalue weighted by Gasteiger charge is -2.36. The first-order valence-electron chi connectivity index (χ1n) is 14.4. The number of fused-ring (bicyclic) bond motifs is 2. The molecule has 0 spiro atoms. The number of ether oxygens (including phenoxy) is 4. The van der Waals surface area contributed by atoms with E-state index >= 15 is 8.78 Å². The Hall–Kier alpha value is -4.62. The van der Waals surface area contributed by atoms with Gasteiger partial charge < -0.3 is 29.2 Å². The Morgan fingerprint density at radius 2 is 1.89 bits per heavy atom. The third-order valence-corrected chi connectivity index (χ3v) is 7.78. The Morgan fingerprint density at radius 1 is 0.977 bits per heavy atom. The molecule has 0 saturated carbocycles. The van der Waals surface area contributed by atoms with E-state index in [9.17, 15) is 0 Å². The van der Waals surface area contributed by atoms with Crippen molar-refractivity contribution in [2.75, 3.05) is 38.7 Å². The number of alkyl halides is 2. The van der Waals surface area contributed by atoms with Crippen molar-refractivity contribution in [3.8, 4) is 23.0 Å². The fourth-order valence-corrected chi connectivity index (χ4v) is 5.54. The Bertz CT molecular complexity index is 1810. The van der Waals surface area contributed by atoms with Gasteiger partial charge >= 0.3 is 0 Å². The first kappa shape index (κ1) is 28.2. The molecule has 0 radical (unpaired) electrons. The summed E-state index contributed by atoms with van der Waals surface area (Å²) in [4.78, 5) is 14.7. The lowest BCUT2D eigenvalue weighted by Crippen LogP contribution is -2.52. The van der Waals surface area contributed by atoms with Crippen molar-refractivity contribution in [3.05, 3.63) is 66.9 Å². The molecule has 0 amide bonds. The van der Waals surface area contributed by atoms with E-state index in [2.05, 4.69) is 25.4 Å². The normalized spacial score (nSPS) is 20.2. The van der Waals surface area contributed by atoms with Crippen LogP contribution in [0.4, 0.5) is 20.3 Å². The van der Waals surface area contributed by atoms with Crippen LogP contribution in [-0.4, -0.2) is 80.9 Å². The number of pyridine rings is 1. The minimum absolute atomic E-state index is 0.133. The van der Waals surface area contributed by atoms with Crippen molar-refractivity contribution in [2.24, 2.45) is 0 Å². The summed E-state index contributed by atoms with van der Waals surface area (Å²) in [6, 6.07) is 12.7. The number of aromatic nitrogens is 5. The quantitative estimate of drug-likeness (QED) is 0.248. The average molecular weight is 604 g/mol. The highest BCUT2D eigenvalue weighted by Gasteiger charge is 2.45. The van der Waals surface area contributed by atoms with Crippen LogP contribution >= 0.6 is 0 Å². The minimum Gasteiger partial charge on any atom is -0.488 e. The van der Waals surface area contributed by atoms with Crippen molar-refractivity contribution in [3.63, 3.8) is 0 Å². The molecule has 2 unspecified atom stereocenters. The topological polar surface area (TPSA) is 108 Å². The minimum atomic E-state index is -3.04. The van der Waals surface area contributed by atoms with Crippen LogP contribution in [0.25, 0.3) is 16.6 Å². The number of nitrogens with one attached hydrogen (secondary N) is 1. The molecule has 11 nitrogen and oxygen atoms in total. The molecule has 0 bridgehead atoms. The van der Waals surface area contributed by atoms with Crippen LogP contribution < -0.4 is 19.5 Å². The predicted molar refractivity (Wildman–Crippen MR) is 158 cm³/mol. The summed E-state index contributed by atoms with van der Waals surface area (Å²) in [5.41, 5.74) is 2.77. The Labute approximate surface area is 251 Å². The van der Waals surface area contributed by atoms with Gasteiger partial charge in [0.1, 0.15) is 47.6 Å². The van der Waals surface area contributed by atoms with E-state index in [4.69, 9.17) is 18.9 Å². The fourth-order valence-electron chi connectivity index (χ4n) is 5.54. The zero-order valence-electron chi connectivity index (χ0n) is 24.2. The van der Waals surface area contributed by atoms with E-state index < -0.39 is 12.0 Å². The van der Waals surface area contributed by atoms with Crippen molar-refractivity contribution in [1.82, 2.24) is 29.5 Å². The van der Waals surface area contributed by atoms with E-state index in [0.29, 0.717) is 59.4 Å². The number of benzene rings is 2. The number of hydrogen-bond donors (Lipinski definition) is 1. The molecule has 13 heteroatoms. The predicted octanol–water partition coefficient (Wildman–Crippen LogP) is 5.40. The maximum atomic E-state index is 15.1. The number of hydrogen-bond acceptors (Lipinski definition) is 10. The van der Waals surface area contributed by atoms with Gasteiger partial charge in [0, 0.05) is 49.5 Å². The SMILES string of the molecule is Cc1cc(Nc2ncnc3cc(OC4CCOC4)cc(OC4CCN(C)CC4(F)F)c23)ccc1Oc1ccn2ncnc2c1. The second-order valence-electron chi connectivity index (χ2n) is 11.2. The van der Waals surface area contributed by atoms with Crippen LogP contribution in [0, 0.1) is 6.92 Å². The summed E-state index contributed by atoms with van der Waals surface area (Å²) in [7, 11) is 1.68. The number of halogens is 2. The molecule has 2 aliphatic rings. The molecule has 7 rings (SSSR count). The third kappa shape index (κ3) is 5.80. The first-order chi connectivity index (χ1) is 21.3. The molecule has 44 heavy (non-hydrogen) atoms. The molecule has 2 atom stereocenters. The summed E-state index contributed by atoms with van der Waals surface area (Å²) >= 11 is 0. The van der Waals surface area contributed by atoms with Crippen molar-refractivity contribution in [1.29, 1.82) is 0 Å². The molecular formula is C31H31F2N7O4. The van der Waals surface area contributed by atoms with E-state index in [0.717, 1.165) is 17.7 Å². The lowest BCUT2D eigenvalue weighted by atomic mass is 10.0. The summed E-state index contributed by atoms with van der Waals surface area (Å²) in [5, 5.41) is 7.92. The third-order valence-electron chi connectivity index (χ3n) is 7.78. The number of piperidine rings is 1. The monoisotopic (exact) mass is 603 g/mol. The molecule has 2 saturated heterocycles. The number of nitrogens with zero attached hydrogens (tertiary/aromatic N) is 6. The van der Waals surface area contributed by atoms with Gasteiger partial charge in [0.15, 0.2) is 11.8 Å². The van der Waals surface area contributed by atoms with Gasteiger partial charge in [0.2, 0.25) is 0 Å². The highest BCUT2D eigenvalue weighted by molar-refractivity contribution is 5.96. The summed E-state index contributed by atoms with van der Waals surface area (Å²) in [5.74, 6) is -0.615. The first-order valence-corrected chi connectivity index (χ1v) is 14.4. The number of likely N-dealkylation sites (tertiary alicyclic amines) is 1. The van der Waals surface area contributed by atoms with Gasteiger partial charge in [-0.05, 0) is 43.8 Å². The molecule has 5 aromatic rings. The second kappa shape index (κ2) is 11.5. The Balaban J connectivity index is 1.20. The molecule has 2 aliphatic heterocycles. The average Bonchev–Trinajstić information content (AvgIpc) is 3.68. The van der Waals surface area contributed by atoms with E-state index in [1.165, 1.54) is 12.7 Å². The molecule has 228 valence electrons. The fraction of sp³-hybridized carbons (Fsp3) is 0.355. The summed E-state index contributed by atoms with van der Waals surface area (Å²) < 4.78 is 55.6. The molecular weight excluding hydrogens is 572 g/mol. The number of anilines is 2. The van der Waals surface area contributed by atoms with Gasteiger partial charge in [-0.2, -0.15) is 5.10 Å². The van der Waals surface area contributed by atoms with Gasteiger partial charge in [-0.25, -0.2) is 28.2 Å². The molecule has 3 aromatic heterocycles. The lowest BCUT2D eigenvalue weighted by molar-refractivity contribution is -0.134. The van der Waals surface area contributed by atoms with Gasteiger partial charge in [-0.3, -0.25) is 0 Å². The molecule has 0 aliphatic carbocycles. The van der Waals surface area contributed by atoms with Crippen LogP contribution in [0.3, 0.4) is 0 Å². The van der Waals surface area contributed by atoms with E-state index in [1.807, 2.05) is 31.2 Å². The standard InChI is InChI=1S/C31H31F2N7O4/c1-19-11-20(3-4-25(19)43-21-5-9-40-28(14-21)35-18-37-40)38-30-29-24(34-17-36-30)12-23(42-22-7-10-41-15-22)13-26(29)44-27-6-8-39(2)16-31(27,32)33/h3-5,9,11-14,17-18,22,27H,6-8,10,15-16H2,1-2H3,(H,34,36,38). The van der Waals surface area contributed by atoms with Crippen LogP contribution in [0.2, 0.25) is 0 Å². The molecule has 2 fully saturated rings. The van der Waals surface area contributed by atoms with E-state index in [1.54, 1.807) is 40.9 Å². The highest BCUT2D eigenvalue weighted by Crippen LogP contribution is 2.40. The van der Waals surface area contributed by atoms with Gasteiger partial charge in [0.25, 0.3) is 5.92 Å². The molecule has 5 heterocycles. The zero-order valence-corrected chi connectivity index (χ0v) is 24.2. The van der Waals surface area contributed by atoms with Crippen molar-refractivity contribution >= 4 is 28.1 Å². The zero-order chi connectivity index (χ0) is 30.3.